The van der Waals surface area contributed by atoms with Crippen LogP contribution in [0.15, 0.2) is 36.5 Å². The van der Waals surface area contributed by atoms with Gasteiger partial charge in [-0.05, 0) is 12.1 Å². The Balaban J connectivity index is 2.23. The smallest absolute Gasteiger partial charge is 0.185 e. The molecule has 0 amide bonds. The Bertz CT molecular complexity index is 644. The second-order valence-corrected chi connectivity index (χ2v) is 4.19. The van der Waals surface area contributed by atoms with Crippen molar-refractivity contribution in [1.29, 1.82) is 5.41 Å². The molecule has 1 aromatic carbocycles. The molecule has 0 saturated heterocycles. The van der Waals surface area contributed by atoms with Crippen LogP contribution in [0.4, 0.5) is 0 Å². The number of hydrogen-bond acceptors (Lipinski definition) is 5. The molecule has 0 fully saturated rings. The third-order valence-corrected chi connectivity index (χ3v) is 2.91. The van der Waals surface area contributed by atoms with Crippen molar-refractivity contribution >= 4 is 5.84 Å². The molecule has 21 heavy (non-hydrogen) atoms. The number of nitrogens with two attached hydrogens (primary N) is 1. The number of nitrogens with one attached hydrogen (secondary N) is 1. The summed E-state index contributed by atoms with van der Waals surface area (Å²) in [6, 6.07) is 8.81. The summed E-state index contributed by atoms with van der Waals surface area (Å²) in [4.78, 5) is 4.23. The maximum atomic E-state index is 7.54. The van der Waals surface area contributed by atoms with Gasteiger partial charge in [-0.1, -0.05) is 12.1 Å². The highest BCUT2D eigenvalue weighted by molar-refractivity contribution is 5.97. The van der Waals surface area contributed by atoms with Gasteiger partial charge in [0.25, 0.3) is 0 Å². The highest BCUT2D eigenvalue weighted by Crippen LogP contribution is 2.30. The number of nitrogens with zero attached hydrogens (tertiary/aromatic N) is 1. The van der Waals surface area contributed by atoms with Crippen LogP contribution in [0.1, 0.15) is 11.3 Å². The molecule has 0 unspecified atom stereocenters. The van der Waals surface area contributed by atoms with E-state index < -0.39 is 0 Å². The number of methoxy groups -OCH3 is 2. The van der Waals surface area contributed by atoms with E-state index in [0.717, 1.165) is 0 Å². The maximum Gasteiger partial charge on any atom is 0.185 e. The first-order chi connectivity index (χ1) is 10.2. The zero-order chi connectivity index (χ0) is 15.2. The number of rotatable bonds is 6. The SMILES string of the molecule is COc1ccnc(COc2ccccc2C(=N)N)c1OC. The fraction of sp³-hybridized carbons (Fsp3) is 0.200. The maximum absolute atomic E-state index is 7.54. The summed E-state index contributed by atoms with van der Waals surface area (Å²) in [6.45, 7) is 0.185. The van der Waals surface area contributed by atoms with Gasteiger partial charge in [0.05, 0.1) is 19.8 Å². The van der Waals surface area contributed by atoms with Crippen molar-refractivity contribution in [3.8, 4) is 17.2 Å². The molecule has 0 bridgehead atoms. The van der Waals surface area contributed by atoms with E-state index in [1.165, 1.54) is 0 Å². The van der Waals surface area contributed by atoms with Crippen LogP contribution in [-0.2, 0) is 6.61 Å². The topological polar surface area (TPSA) is 90.5 Å². The summed E-state index contributed by atoms with van der Waals surface area (Å²) in [6.07, 6.45) is 1.62. The number of pyridine rings is 1. The van der Waals surface area contributed by atoms with Crippen molar-refractivity contribution < 1.29 is 14.2 Å². The van der Waals surface area contributed by atoms with Crippen molar-refractivity contribution in [2.24, 2.45) is 5.73 Å². The van der Waals surface area contributed by atoms with Crippen LogP contribution in [0.3, 0.4) is 0 Å². The number of amidine groups is 1. The van der Waals surface area contributed by atoms with Gasteiger partial charge in [-0.2, -0.15) is 0 Å². The number of nitrogen functional groups attached to an aromatic ring is 1. The number of hydrogen-bond donors (Lipinski definition) is 2. The minimum absolute atomic E-state index is 0.0452. The Labute approximate surface area is 123 Å². The predicted octanol–water partition coefficient (Wildman–Crippen LogP) is 1.96. The first-order valence-electron chi connectivity index (χ1n) is 6.29. The summed E-state index contributed by atoms with van der Waals surface area (Å²) >= 11 is 0. The van der Waals surface area contributed by atoms with Crippen LogP contribution in [0.2, 0.25) is 0 Å². The number of para-hydroxylation sites is 1. The summed E-state index contributed by atoms with van der Waals surface area (Å²) in [7, 11) is 3.11. The fourth-order valence-electron chi connectivity index (χ4n) is 1.91. The van der Waals surface area contributed by atoms with Crippen molar-refractivity contribution in [1.82, 2.24) is 4.98 Å². The Morgan fingerprint density at radius 1 is 1.14 bits per heavy atom. The molecule has 0 aliphatic rings. The summed E-state index contributed by atoms with van der Waals surface area (Å²) < 4.78 is 16.2. The lowest BCUT2D eigenvalue weighted by atomic mass is 10.2. The monoisotopic (exact) mass is 287 g/mol. The van der Waals surface area contributed by atoms with Crippen molar-refractivity contribution in [2.45, 2.75) is 6.61 Å². The summed E-state index contributed by atoms with van der Waals surface area (Å²) in [5, 5.41) is 7.54. The van der Waals surface area contributed by atoms with E-state index in [-0.39, 0.29) is 12.4 Å². The molecule has 3 N–H and O–H groups in total. The standard InChI is InChI=1S/C15H17N3O3/c1-19-13-7-8-18-11(14(13)20-2)9-21-12-6-4-3-5-10(12)15(16)17/h3-8H,9H2,1-2H3,(H3,16,17). The molecule has 2 aromatic rings. The number of benzene rings is 1. The highest BCUT2D eigenvalue weighted by atomic mass is 16.5. The average Bonchev–Trinajstić information content (AvgIpc) is 2.52. The van der Waals surface area contributed by atoms with Gasteiger partial charge in [-0.15, -0.1) is 0 Å². The van der Waals surface area contributed by atoms with E-state index in [9.17, 15) is 0 Å². The molecule has 0 atom stereocenters. The molecule has 2 rings (SSSR count). The molecule has 110 valence electrons. The van der Waals surface area contributed by atoms with Crippen LogP contribution in [0, 0.1) is 5.41 Å². The lowest BCUT2D eigenvalue weighted by molar-refractivity contribution is 0.284. The Hall–Kier alpha value is -2.76. The van der Waals surface area contributed by atoms with Gasteiger partial charge in [-0.3, -0.25) is 10.4 Å². The molecule has 0 saturated carbocycles. The Kier molecular flexibility index (Phi) is 4.61. The first-order valence-corrected chi connectivity index (χ1v) is 6.29. The zero-order valence-corrected chi connectivity index (χ0v) is 11.9. The number of aromatic nitrogens is 1. The molecule has 1 heterocycles. The van der Waals surface area contributed by atoms with E-state index in [2.05, 4.69) is 4.98 Å². The van der Waals surface area contributed by atoms with Gasteiger partial charge in [-0.25, -0.2) is 0 Å². The summed E-state index contributed by atoms with van der Waals surface area (Å²) in [5.74, 6) is 1.60. The van der Waals surface area contributed by atoms with Gasteiger partial charge in [0, 0.05) is 12.3 Å². The molecule has 6 heteroatoms. The third-order valence-electron chi connectivity index (χ3n) is 2.91. The predicted molar refractivity (Wildman–Crippen MR) is 79.1 cm³/mol. The molecule has 0 spiro atoms. The molecule has 0 aliphatic carbocycles. The lowest BCUT2D eigenvalue weighted by Crippen LogP contribution is -2.13. The average molecular weight is 287 g/mol. The van der Waals surface area contributed by atoms with E-state index in [0.29, 0.717) is 28.5 Å². The first kappa shape index (κ1) is 14.6. The molecule has 0 radical (unpaired) electrons. The van der Waals surface area contributed by atoms with Crippen molar-refractivity contribution in [3.63, 3.8) is 0 Å². The van der Waals surface area contributed by atoms with Gasteiger partial charge >= 0.3 is 0 Å². The number of ether oxygens (including phenoxy) is 3. The van der Waals surface area contributed by atoms with E-state index in [1.54, 1.807) is 44.7 Å². The second kappa shape index (κ2) is 6.60. The van der Waals surface area contributed by atoms with Crippen molar-refractivity contribution in [3.05, 3.63) is 47.8 Å². The molecule has 0 aliphatic heterocycles. The highest BCUT2D eigenvalue weighted by Gasteiger charge is 2.13. The molecule has 6 nitrogen and oxygen atoms in total. The van der Waals surface area contributed by atoms with Gasteiger partial charge in [0.2, 0.25) is 0 Å². The van der Waals surface area contributed by atoms with Gasteiger partial charge in [0.1, 0.15) is 23.9 Å². The summed E-state index contributed by atoms with van der Waals surface area (Å²) in [5.41, 5.74) is 6.68. The molecule has 1 aromatic heterocycles. The zero-order valence-electron chi connectivity index (χ0n) is 11.9. The third kappa shape index (κ3) is 3.22. The Morgan fingerprint density at radius 2 is 1.90 bits per heavy atom. The van der Waals surface area contributed by atoms with E-state index >= 15 is 0 Å². The van der Waals surface area contributed by atoms with Crippen molar-refractivity contribution in [2.75, 3.05) is 14.2 Å². The molecular weight excluding hydrogens is 270 g/mol. The fourth-order valence-corrected chi connectivity index (χ4v) is 1.91. The van der Waals surface area contributed by atoms with Gasteiger partial charge < -0.3 is 19.9 Å². The minimum atomic E-state index is -0.0452. The van der Waals surface area contributed by atoms with Crippen LogP contribution < -0.4 is 19.9 Å². The van der Waals surface area contributed by atoms with Crippen LogP contribution in [0.5, 0.6) is 17.2 Å². The Morgan fingerprint density at radius 3 is 2.57 bits per heavy atom. The van der Waals surface area contributed by atoms with Crippen LogP contribution in [-0.4, -0.2) is 25.0 Å². The largest absolute Gasteiger partial charge is 0.493 e. The quantitative estimate of drug-likeness (QED) is 0.626. The van der Waals surface area contributed by atoms with Crippen LogP contribution in [0.25, 0.3) is 0 Å². The second-order valence-electron chi connectivity index (χ2n) is 4.19. The minimum Gasteiger partial charge on any atom is -0.493 e. The van der Waals surface area contributed by atoms with E-state index in [1.807, 2.05) is 6.07 Å². The lowest BCUT2D eigenvalue weighted by Gasteiger charge is -2.13. The van der Waals surface area contributed by atoms with Gasteiger partial charge in [0.15, 0.2) is 11.5 Å². The van der Waals surface area contributed by atoms with Crippen LogP contribution >= 0.6 is 0 Å². The normalized spacial score (nSPS) is 10.0. The van der Waals surface area contributed by atoms with E-state index in [4.69, 9.17) is 25.4 Å². The molecular formula is C15H17N3O3.